The second kappa shape index (κ2) is 8.64. The van der Waals surface area contributed by atoms with E-state index in [4.69, 9.17) is 5.73 Å². The third-order valence-corrected chi connectivity index (χ3v) is 5.26. The Balaban J connectivity index is 1.78. The maximum Gasteiger partial charge on any atom is 0.421 e. The van der Waals surface area contributed by atoms with Crippen LogP contribution in [0, 0.1) is 0 Å². The van der Waals surface area contributed by atoms with Gasteiger partial charge in [0.15, 0.2) is 0 Å². The predicted octanol–water partition coefficient (Wildman–Crippen LogP) is 3.29. The van der Waals surface area contributed by atoms with Crippen LogP contribution in [0.3, 0.4) is 0 Å². The molecule has 1 aromatic heterocycles. The second-order valence-electron chi connectivity index (χ2n) is 7.29. The highest BCUT2D eigenvalue weighted by atomic mass is 32.2. The van der Waals surface area contributed by atoms with Crippen molar-refractivity contribution >= 4 is 33.2 Å². The second-order valence-corrected chi connectivity index (χ2v) is 9.03. The highest BCUT2D eigenvalue weighted by Gasteiger charge is 2.36. The summed E-state index contributed by atoms with van der Waals surface area (Å²) in [6.07, 6.45) is -0.00730. The van der Waals surface area contributed by atoms with Gasteiger partial charge in [0.2, 0.25) is 16.0 Å². The molecular formula is C18H23F3N6O2S. The zero-order valence-electron chi connectivity index (χ0n) is 16.2. The van der Waals surface area contributed by atoms with Gasteiger partial charge in [-0.25, -0.2) is 13.4 Å². The van der Waals surface area contributed by atoms with Crippen LogP contribution in [0.4, 0.5) is 36.3 Å². The lowest BCUT2D eigenvalue weighted by Crippen LogP contribution is -2.33. The Morgan fingerprint density at radius 3 is 2.23 bits per heavy atom. The van der Waals surface area contributed by atoms with E-state index < -0.39 is 21.8 Å². The van der Waals surface area contributed by atoms with Crippen molar-refractivity contribution in [3.05, 3.63) is 36.0 Å². The molecule has 1 saturated carbocycles. The van der Waals surface area contributed by atoms with E-state index in [0.29, 0.717) is 24.2 Å². The number of hydrogen-bond donors (Lipinski definition) is 4. The van der Waals surface area contributed by atoms with E-state index in [1.54, 1.807) is 12.1 Å². The molecule has 1 heterocycles. The van der Waals surface area contributed by atoms with Gasteiger partial charge in [0.05, 0.1) is 6.26 Å². The molecule has 0 radical (unpaired) electrons. The van der Waals surface area contributed by atoms with Crippen LogP contribution in [-0.2, 0) is 16.2 Å². The molecule has 0 bridgehead atoms. The van der Waals surface area contributed by atoms with Crippen molar-refractivity contribution in [2.45, 2.75) is 43.9 Å². The lowest BCUT2D eigenvalue weighted by Gasteiger charge is -2.28. The number of aromatic nitrogens is 2. The first kappa shape index (κ1) is 22.1. The molecule has 1 fully saturated rings. The van der Waals surface area contributed by atoms with Crippen LogP contribution in [0.25, 0.3) is 0 Å². The maximum atomic E-state index is 13.4. The summed E-state index contributed by atoms with van der Waals surface area (Å²) in [6, 6.07) is 6.08. The van der Waals surface area contributed by atoms with Crippen molar-refractivity contribution in [1.82, 2.24) is 9.97 Å². The maximum absolute atomic E-state index is 13.4. The molecule has 0 atom stereocenters. The minimum atomic E-state index is -4.59. The molecule has 0 amide bonds. The minimum Gasteiger partial charge on any atom is -0.367 e. The van der Waals surface area contributed by atoms with E-state index in [0.717, 1.165) is 25.3 Å². The van der Waals surface area contributed by atoms with E-state index in [9.17, 15) is 21.6 Å². The van der Waals surface area contributed by atoms with E-state index in [1.165, 1.54) is 12.1 Å². The van der Waals surface area contributed by atoms with Crippen LogP contribution in [0.2, 0.25) is 0 Å². The van der Waals surface area contributed by atoms with Crippen LogP contribution >= 0.6 is 0 Å². The number of nitrogens with two attached hydrogens (primary N) is 1. The molecule has 3 rings (SSSR count). The quantitative estimate of drug-likeness (QED) is 0.539. The van der Waals surface area contributed by atoms with Crippen molar-refractivity contribution in [3.8, 4) is 0 Å². The molecule has 5 N–H and O–H groups in total. The summed E-state index contributed by atoms with van der Waals surface area (Å²) in [4.78, 5) is 7.81. The molecule has 164 valence electrons. The molecule has 30 heavy (non-hydrogen) atoms. The van der Waals surface area contributed by atoms with Crippen LogP contribution in [-0.4, -0.2) is 36.7 Å². The first-order chi connectivity index (χ1) is 14.0. The van der Waals surface area contributed by atoms with Crippen LogP contribution in [0.15, 0.2) is 30.5 Å². The molecule has 2 aromatic rings. The number of nitrogens with zero attached hydrogens (tertiary/aromatic N) is 2. The zero-order chi connectivity index (χ0) is 21.9. The lowest BCUT2D eigenvalue weighted by molar-refractivity contribution is -0.137. The number of nitrogens with one attached hydrogen (secondary N) is 3. The van der Waals surface area contributed by atoms with Crippen LogP contribution in [0.1, 0.15) is 31.2 Å². The van der Waals surface area contributed by atoms with E-state index in [2.05, 4.69) is 25.3 Å². The number of alkyl halides is 3. The van der Waals surface area contributed by atoms with Gasteiger partial charge in [-0.1, -0.05) is 0 Å². The minimum absolute atomic E-state index is 0.0122. The summed E-state index contributed by atoms with van der Waals surface area (Å²) in [5.74, 6) is -0.294. The zero-order valence-corrected chi connectivity index (χ0v) is 17.0. The SMILES string of the molecule is CS(=O)(=O)Nc1ccc(Nc2ncc(C(F)(F)F)c(NC3CCC(N)CC3)n2)cc1. The molecule has 8 nitrogen and oxygen atoms in total. The molecule has 12 heteroatoms. The van der Waals surface area contributed by atoms with Crippen molar-refractivity contribution in [2.75, 3.05) is 21.6 Å². The molecule has 1 aliphatic carbocycles. The Hall–Kier alpha value is -2.60. The van der Waals surface area contributed by atoms with E-state index in [-0.39, 0.29) is 23.8 Å². The topological polar surface area (TPSA) is 122 Å². The lowest BCUT2D eigenvalue weighted by atomic mass is 9.92. The highest BCUT2D eigenvalue weighted by Crippen LogP contribution is 2.35. The fraction of sp³-hybridized carbons (Fsp3) is 0.444. The standard InChI is InChI=1S/C18H23F3N6O2S/c1-30(28,29)27-14-8-6-13(7-9-14)25-17-23-10-15(18(19,20)21)16(26-17)24-12-4-2-11(22)3-5-12/h6-12,27H,2-5,22H2,1H3,(H2,23,24,25,26). The van der Waals surface area contributed by atoms with Crippen molar-refractivity contribution in [1.29, 1.82) is 0 Å². The summed E-state index contributed by atoms with van der Waals surface area (Å²) in [5, 5.41) is 5.72. The molecule has 0 aliphatic heterocycles. The molecule has 0 saturated heterocycles. The number of sulfonamides is 1. The predicted molar refractivity (Wildman–Crippen MR) is 109 cm³/mol. The van der Waals surface area contributed by atoms with Crippen molar-refractivity contribution < 1.29 is 21.6 Å². The first-order valence-corrected chi connectivity index (χ1v) is 11.2. The molecule has 1 aliphatic rings. The van der Waals surface area contributed by atoms with E-state index in [1.807, 2.05) is 0 Å². The number of hydrogen-bond acceptors (Lipinski definition) is 7. The molecular weight excluding hydrogens is 421 g/mol. The number of halogens is 3. The van der Waals surface area contributed by atoms with Crippen molar-refractivity contribution in [2.24, 2.45) is 5.73 Å². The normalized spacial score (nSPS) is 19.9. The van der Waals surface area contributed by atoms with Gasteiger partial charge in [-0.3, -0.25) is 4.72 Å². The molecule has 0 spiro atoms. The molecule has 1 aromatic carbocycles. The highest BCUT2D eigenvalue weighted by molar-refractivity contribution is 7.92. The summed E-state index contributed by atoms with van der Waals surface area (Å²) in [6.45, 7) is 0. The number of rotatable bonds is 6. The van der Waals surface area contributed by atoms with Crippen molar-refractivity contribution in [3.63, 3.8) is 0 Å². The Morgan fingerprint density at radius 1 is 1.07 bits per heavy atom. The largest absolute Gasteiger partial charge is 0.421 e. The summed E-state index contributed by atoms with van der Waals surface area (Å²) in [5.41, 5.74) is 5.77. The Kier molecular flexibility index (Phi) is 6.36. The summed E-state index contributed by atoms with van der Waals surface area (Å²) in [7, 11) is -3.41. The average molecular weight is 444 g/mol. The smallest absolute Gasteiger partial charge is 0.367 e. The van der Waals surface area contributed by atoms with Gasteiger partial charge in [-0.2, -0.15) is 18.2 Å². The average Bonchev–Trinajstić information content (AvgIpc) is 2.63. The third-order valence-electron chi connectivity index (χ3n) is 4.65. The number of benzene rings is 1. The van der Waals surface area contributed by atoms with Gasteiger partial charge in [-0.15, -0.1) is 0 Å². The fourth-order valence-corrected chi connectivity index (χ4v) is 3.75. The van der Waals surface area contributed by atoms with Gasteiger partial charge >= 0.3 is 6.18 Å². The monoisotopic (exact) mass is 444 g/mol. The van der Waals surface area contributed by atoms with Gasteiger partial charge in [0.25, 0.3) is 0 Å². The van der Waals surface area contributed by atoms with Crippen LogP contribution in [0.5, 0.6) is 0 Å². The van der Waals surface area contributed by atoms with E-state index >= 15 is 0 Å². The Bertz CT molecular complexity index is 974. The Labute approximate surface area is 172 Å². The first-order valence-electron chi connectivity index (χ1n) is 9.31. The Morgan fingerprint density at radius 2 is 1.67 bits per heavy atom. The van der Waals surface area contributed by atoms with Crippen LogP contribution < -0.4 is 21.1 Å². The molecule has 0 unspecified atom stereocenters. The van der Waals surface area contributed by atoms with Gasteiger partial charge in [0, 0.05) is 29.7 Å². The number of anilines is 4. The van der Waals surface area contributed by atoms with Gasteiger partial charge in [-0.05, 0) is 49.9 Å². The van der Waals surface area contributed by atoms with Gasteiger partial charge < -0.3 is 16.4 Å². The summed E-state index contributed by atoms with van der Waals surface area (Å²) < 4.78 is 65.0. The fourth-order valence-electron chi connectivity index (χ4n) is 3.18. The van der Waals surface area contributed by atoms with Gasteiger partial charge in [0.1, 0.15) is 11.4 Å². The summed E-state index contributed by atoms with van der Waals surface area (Å²) >= 11 is 0. The third kappa shape index (κ3) is 6.20.